The molecule has 0 spiro atoms. The molecule has 0 saturated heterocycles. The Hall–Kier alpha value is -1.01. The Labute approximate surface area is 105 Å². The molecule has 2 aromatic rings. The van der Waals surface area contributed by atoms with Gasteiger partial charge in [-0.05, 0) is 12.5 Å². The third-order valence-electron chi connectivity index (χ3n) is 2.63. The van der Waals surface area contributed by atoms with E-state index in [4.69, 9.17) is 5.73 Å². The molecule has 0 aliphatic rings. The second kappa shape index (κ2) is 4.34. The summed E-state index contributed by atoms with van der Waals surface area (Å²) in [6.07, 6.45) is 0.911. The van der Waals surface area contributed by atoms with Crippen molar-refractivity contribution in [1.82, 2.24) is 19.8 Å². The van der Waals surface area contributed by atoms with Gasteiger partial charge in [0, 0.05) is 11.8 Å². The second-order valence-corrected chi connectivity index (χ2v) is 6.55. The van der Waals surface area contributed by atoms with Crippen molar-refractivity contribution in [3.8, 4) is 0 Å². The predicted octanol–water partition coefficient (Wildman–Crippen LogP) is 1.62. The van der Waals surface area contributed by atoms with Crippen LogP contribution < -0.4 is 5.73 Å². The van der Waals surface area contributed by atoms with Crippen LogP contribution in [0.4, 0.5) is 0 Å². The van der Waals surface area contributed by atoms with Gasteiger partial charge in [-0.3, -0.25) is 0 Å². The number of rotatable bonds is 3. The van der Waals surface area contributed by atoms with Crippen LogP contribution in [0, 0.1) is 5.92 Å². The quantitative estimate of drug-likeness (QED) is 0.902. The van der Waals surface area contributed by atoms with Crippen molar-refractivity contribution < 1.29 is 0 Å². The van der Waals surface area contributed by atoms with Crippen molar-refractivity contribution in [3.05, 3.63) is 10.8 Å². The molecule has 0 aliphatic heterocycles. The van der Waals surface area contributed by atoms with Crippen LogP contribution in [-0.2, 0) is 11.8 Å². The highest BCUT2D eigenvalue weighted by Gasteiger charge is 2.23. The van der Waals surface area contributed by atoms with Gasteiger partial charge < -0.3 is 5.73 Å². The van der Waals surface area contributed by atoms with Crippen LogP contribution in [0.1, 0.15) is 38.5 Å². The summed E-state index contributed by atoms with van der Waals surface area (Å²) in [5, 5.41) is 14.0. The Morgan fingerprint density at radius 1 is 1.35 bits per heavy atom. The Morgan fingerprint density at radius 3 is 2.65 bits per heavy atom. The maximum absolute atomic E-state index is 5.63. The highest BCUT2D eigenvalue weighted by molar-refractivity contribution is 7.16. The van der Waals surface area contributed by atoms with Gasteiger partial charge >= 0.3 is 0 Å². The van der Waals surface area contributed by atoms with E-state index < -0.39 is 0 Å². The van der Waals surface area contributed by atoms with Gasteiger partial charge in [0.05, 0.1) is 0 Å². The summed E-state index contributed by atoms with van der Waals surface area (Å²) in [6.45, 7) is 9.17. The molecule has 0 aromatic carbocycles. The molecule has 2 rings (SSSR count). The number of nitrogens with zero attached hydrogens (tertiary/aromatic N) is 4. The Bertz CT molecular complexity index is 507. The van der Waals surface area contributed by atoms with E-state index in [9.17, 15) is 0 Å². The largest absolute Gasteiger partial charge is 0.330 e. The first-order valence-electron chi connectivity index (χ1n) is 5.83. The average Bonchev–Trinajstić information content (AvgIpc) is 2.74. The van der Waals surface area contributed by atoms with Gasteiger partial charge in [0.1, 0.15) is 5.01 Å². The zero-order valence-corrected chi connectivity index (χ0v) is 11.6. The van der Waals surface area contributed by atoms with Crippen LogP contribution in [0.15, 0.2) is 0 Å². The standard InChI is InChI=1S/C11H19N5S/c1-7(6-12)5-8-15-16-9(11(2,3)4)13-14-10(16)17-8/h7H,5-6,12H2,1-4H3. The Kier molecular flexibility index (Phi) is 3.18. The van der Waals surface area contributed by atoms with Gasteiger partial charge in [0.2, 0.25) is 4.96 Å². The van der Waals surface area contributed by atoms with E-state index in [1.807, 2.05) is 4.52 Å². The van der Waals surface area contributed by atoms with Crippen LogP contribution in [0.25, 0.3) is 4.96 Å². The lowest BCUT2D eigenvalue weighted by Gasteiger charge is -2.13. The van der Waals surface area contributed by atoms with Crippen LogP contribution >= 0.6 is 11.3 Å². The number of hydrogen-bond acceptors (Lipinski definition) is 5. The molecule has 5 nitrogen and oxygen atoms in total. The minimum Gasteiger partial charge on any atom is -0.330 e. The van der Waals surface area contributed by atoms with E-state index in [2.05, 4.69) is 43.0 Å². The fraction of sp³-hybridized carbons (Fsp3) is 0.727. The van der Waals surface area contributed by atoms with Gasteiger partial charge in [0.15, 0.2) is 5.82 Å². The van der Waals surface area contributed by atoms with Crippen LogP contribution in [0.2, 0.25) is 0 Å². The molecule has 17 heavy (non-hydrogen) atoms. The van der Waals surface area contributed by atoms with Gasteiger partial charge in [-0.25, -0.2) is 0 Å². The van der Waals surface area contributed by atoms with Crippen molar-refractivity contribution in [1.29, 1.82) is 0 Å². The number of nitrogens with two attached hydrogens (primary N) is 1. The van der Waals surface area contributed by atoms with Gasteiger partial charge in [-0.2, -0.15) is 9.61 Å². The summed E-state index contributed by atoms with van der Waals surface area (Å²) in [7, 11) is 0. The smallest absolute Gasteiger partial charge is 0.234 e. The summed E-state index contributed by atoms with van der Waals surface area (Å²) in [5.74, 6) is 1.37. The van der Waals surface area contributed by atoms with Crippen LogP contribution in [0.3, 0.4) is 0 Å². The monoisotopic (exact) mass is 253 g/mol. The molecule has 0 radical (unpaired) electrons. The van der Waals surface area contributed by atoms with E-state index in [0.717, 1.165) is 22.2 Å². The zero-order valence-electron chi connectivity index (χ0n) is 10.8. The van der Waals surface area contributed by atoms with E-state index in [1.54, 1.807) is 11.3 Å². The van der Waals surface area contributed by atoms with Crippen LogP contribution in [0.5, 0.6) is 0 Å². The lowest BCUT2D eigenvalue weighted by Crippen LogP contribution is -2.17. The highest BCUT2D eigenvalue weighted by Crippen LogP contribution is 2.24. The predicted molar refractivity (Wildman–Crippen MR) is 69.3 cm³/mol. The first-order chi connectivity index (χ1) is 7.91. The summed E-state index contributed by atoms with van der Waals surface area (Å²) < 4.78 is 1.86. The van der Waals surface area contributed by atoms with Crippen LogP contribution in [-0.4, -0.2) is 26.4 Å². The molecule has 2 heterocycles. The third kappa shape index (κ3) is 2.47. The molecule has 1 atom stereocenters. The summed E-state index contributed by atoms with van der Waals surface area (Å²) in [5.41, 5.74) is 5.59. The SMILES string of the molecule is CC(CN)Cc1nn2c(C(C)(C)C)nnc2s1. The summed E-state index contributed by atoms with van der Waals surface area (Å²) >= 11 is 1.60. The third-order valence-corrected chi connectivity index (χ3v) is 3.55. The van der Waals surface area contributed by atoms with Crippen molar-refractivity contribution in [2.24, 2.45) is 11.7 Å². The first-order valence-corrected chi connectivity index (χ1v) is 6.65. The molecule has 0 saturated carbocycles. The highest BCUT2D eigenvalue weighted by atomic mass is 32.1. The normalized spacial score (nSPS) is 14.4. The topological polar surface area (TPSA) is 69.1 Å². The molecule has 1 unspecified atom stereocenters. The Morgan fingerprint density at radius 2 is 2.06 bits per heavy atom. The number of aromatic nitrogens is 4. The minimum absolute atomic E-state index is 0.0375. The summed E-state index contributed by atoms with van der Waals surface area (Å²) in [4.78, 5) is 0.870. The number of fused-ring (bicyclic) bond motifs is 1. The maximum Gasteiger partial charge on any atom is 0.234 e. The van der Waals surface area contributed by atoms with E-state index >= 15 is 0 Å². The van der Waals surface area contributed by atoms with Crippen molar-refractivity contribution in [2.75, 3.05) is 6.54 Å². The van der Waals surface area contributed by atoms with Gasteiger partial charge in [0.25, 0.3) is 0 Å². The number of hydrogen-bond donors (Lipinski definition) is 1. The molecule has 2 N–H and O–H groups in total. The fourth-order valence-corrected chi connectivity index (χ4v) is 2.58. The lowest BCUT2D eigenvalue weighted by molar-refractivity contribution is 0.523. The van der Waals surface area contributed by atoms with E-state index in [-0.39, 0.29) is 5.41 Å². The maximum atomic E-state index is 5.63. The molecule has 0 fully saturated rings. The molecular weight excluding hydrogens is 234 g/mol. The lowest BCUT2D eigenvalue weighted by atomic mass is 9.96. The molecule has 2 aromatic heterocycles. The average molecular weight is 253 g/mol. The fourth-order valence-electron chi connectivity index (χ4n) is 1.59. The molecule has 0 amide bonds. The Balaban J connectivity index is 2.35. The molecule has 0 bridgehead atoms. The molecule has 0 aliphatic carbocycles. The van der Waals surface area contributed by atoms with E-state index in [0.29, 0.717) is 12.5 Å². The molecule has 94 valence electrons. The first kappa shape index (κ1) is 12.4. The van der Waals surface area contributed by atoms with E-state index in [1.165, 1.54) is 0 Å². The zero-order chi connectivity index (χ0) is 12.6. The summed E-state index contributed by atoms with van der Waals surface area (Å²) in [6, 6.07) is 0. The molecule has 6 heteroatoms. The van der Waals surface area contributed by atoms with Crippen molar-refractivity contribution >= 4 is 16.3 Å². The molecular formula is C11H19N5S. The van der Waals surface area contributed by atoms with Crippen molar-refractivity contribution in [2.45, 2.75) is 39.5 Å². The van der Waals surface area contributed by atoms with Gasteiger partial charge in [-0.15, -0.1) is 10.2 Å². The van der Waals surface area contributed by atoms with Crippen molar-refractivity contribution in [3.63, 3.8) is 0 Å². The second-order valence-electron chi connectivity index (χ2n) is 5.51. The van der Waals surface area contributed by atoms with Gasteiger partial charge in [-0.1, -0.05) is 39.0 Å². The minimum atomic E-state index is -0.0375.